The summed E-state index contributed by atoms with van der Waals surface area (Å²) in [5, 5.41) is 10.2. The van der Waals surface area contributed by atoms with Gasteiger partial charge in [-0.2, -0.15) is 5.26 Å². The summed E-state index contributed by atoms with van der Waals surface area (Å²) in [4.78, 5) is 16.3. The van der Waals surface area contributed by atoms with E-state index in [1.807, 2.05) is 6.07 Å². The standard InChI is InChI=1S/C69H64N4/c1-42-27-47-28-43(2)36-67(35-42,39-47)54-23-20-49(21-24-54)50-11-9-12-51(32-50)64-71-65(52-13-10-14-55(33-52)68-37-44(3)29-48(40-68)30-45(4)38-68)73-66(72-64)53-22-26-62-59(34-53)57-16-6-8-18-61(57)69(62)60-17-7-5-15-56(60)58-25-19-46(41-70)31-63(58)69/h5-26,31-34,42-45,47-48H,27-30,35-40H2,1-4H3/t42-,43+,44-,45+,47-,48-,67?,68?,69?. The number of hydrogen-bond acceptors (Lipinski definition) is 4. The molecule has 0 N–H and O–H groups in total. The minimum atomic E-state index is -0.560. The predicted octanol–water partition coefficient (Wildman–Crippen LogP) is 17.0. The Morgan fingerprint density at radius 2 is 0.863 bits per heavy atom. The van der Waals surface area contributed by atoms with E-state index < -0.39 is 5.41 Å². The zero-order valence-corrected chi connectivity index (χ0v) is 42.8. The predicted molar refractivity (Wildman–Crippen MR) is 296 cm³/mol. The van der Waals surface area contributed by atoms with E-state index >= 15 is 0 Å². The van der Waals surface area contributed by atoms with Crippen molar-refractivity contribution in [1.29, 1.82) is 5.26 Å². The fourth-order valence-electron chi connectivity index (χ4n) is 17.1. The molecule has 360 valence electrons. The molecule has 4 nitrogen and oxygen atoms in total. The highest BCUT2D eigenvalue weighted by atomic mass is 15.0. The lowest BCUT2D eigenvalue weighted by molar-refractivity contribution is 0.0779. The highest BCUT2D eigenvalue weighted by Crippen LogP contribution is 2.63. The highest BCUT2D eigenvalue weighted by molar-refractivity contribution is 5.96. The molecule has 6 aliphatic rings. The van der Waals surface area contributed by atoms with Crippen LogP contribution in [0.5, 0.6) is 0 Å². The van der Waals surface area contributed by atoms with Gasteiger partial charge in [0, 0.05) is 16.7 Å². The minimum absolute atomic E-state index is 0.180. The van der Waals surface area contributed by atoms with Gasteiger partial charge in [0.25, 0.3) is 0 Å². The Balaban J connectivity index is 0.904. The maximum Gasteiger partial charge on any atom is 0.164 e. The molecule has 0 aliphatic heterocycles. The van der Waals surface area contributed by atoms with Gasteiger partial charge in [-0.15, -0.1) is 0 Å². The van der Waals surface area contributed by atoms with Crippen molar-refractivity contribution >= 4 is 0 Å². The summed E-state index contributed by atoms with van der Waals surface area (Å²) in [5.41, 5.74) is 18.6. The molecule has 4 heteroatoms. The molecule has 0 amide bonds. The Labute approximate surface area is 432 Å². The van der Waals surface area contributed by atoms with E-state index in [0.29, 0.717) is 28.5 Å². The van der Waals surface area contributed by atoms with E-state index in [0.717, 1.165) is 57.8 Å². The lowest BCUT2D eigenvalue weighted by Crippen LogP contribution is -2.42. The van der Waals surface area contributed by atoms with Crippen LogP contribution in [0.15, 0.2) is 158 Å². The van der Waals surface area contributed by atoms with Gasteiger partial charge >= 0.3 is 0 Å². The fourth-order valence-corrected chi connectivity index (χ4v) is 17.1. The normalized spacial score (nSPS) is 28.2. The molecule has 8 aromatic rings. The molecule has 14 rings (SSSR count). The Hall–Kier alpha value is -6.96. The quantitative estimate of drug-likeness (QED) is 0.167. The van der Waals surface area contributed by atoms with Gasteiger partial charge in [-0.05, 0) is 208 Å². The van der Waals surface area contributed by atoms with Gasteiger partial charge in [-0.1, -0.05) is 155 Å². The first-order valence-corrected chi connectivity index (χ1v) is 27.6. The van der Waals surface area contributed by atoms with Crippen molar-refractivity contribution in [2.45, 2.75) is 108 Å². The summed E-state index contributed by atoms with van der Waals surface area (Å²) in [6, 6.07) is 61.0. The van der Waals surface area contributed by atoms with Gasteiger partial charge in [0.2, 0.25) is 0 Å². The van der Waals surface area contributed by atoms with Crippen molar-refractivity contribution in [2.24, 2.45) is 35.5 Å². The van der Waals surface area contributed by atoms with Crippen LogP contribution in [0.4, 0.5) is 0 Å². The summed E-state index contributed by atoms with van der Waals surface area (Å²) in [7, 11) is 0. The molecule has 1 aromatic heterocycles. The van der Waals surface area contributed by atoms with Crippen LogP contribution in [-0.4, -0.2) is 15.0 Å². The van der Waals surface area contributed by atoms with Crippen LogP contribution < -0.4 is 0 Å². The van der Waals surface area contributed by atoms with Gasteiger partial charge < -0.3 is 0 Å². The number of hydrogen-bond donors (Lipinski definition) is 0. The summed E-state index contributed by atoms with van der Waals surface area (Å²) >= 11 is 0. The molecule has 4 fully saturated rings. The maximum atomic E-state index is 10.2. The first kappa shape index (κ1) is 44.7. The fraction of sp³-hybridized carbons (Fsp3) is 0.333. The summed E-state index contributed by atoms with van der Waals surface area (Å²) in [6.07, 6.45) is 13.2. The number of rotatable bonds is 6. The molecule has 0 radical (unpaired) electrons. The van der Waals surface area contributed by atoms with Crippen LogP contribution in [0, 0.1) is 46.8 Å². The van der Waals surface area contributed by atoms with Gasteiger partial charge in [0.05, 0.1) is 17.0 Å². The topological polar surface area (TPSA) is 62.5 Å². The van der Waals surface area contributed by atoms with Crippen molar-refractivity contribution in [3.63, 3.8) is 0 Å². The Kier molecular flexibility index (Phi) is 10.3. The monoisotopic (exact) mass is 949 g/mol. The van der Waals surface area contributed by atoms with Gasteiger partial charge in [0.1, 0.15) is 0 Å². The molecule has 1 heterocycles. The lowest BCUT2D eigenvalue weighted by Gasteiger charge is -2.50. The number of nitriles is 1. The van der Waals surface area contributed by atoms with Crippen molar-refractivity contribution in [3.05, 3.63) is 197 Å². The number of benzene rings is 7. The van der Waals surface area contributed by atoms with Crippen LogP contribution in [0.3, 0.4) is 0 Å². The molecule has 4 saturated carbocycles. The largest absolute Gasteiger partial charge is 0.208 e. The highest BCUT2D eigenvalue weighted by Gasteiger charge is 2.52. The molecule has 3 unspecified atom stereocenters. The van der Waals surface area contributed by atoms with E-state index in [1.165, 1.54) is 125 Å². The summed E-state index contributed by atoms with van der Waals surface area (Å²) in [5.74, 6) is 6.69. The SMILES string of the molecule is C[C@@H]1C[C@@H]2C[C@H](C)CC(c3ccc(-c4cccc(-c5nc(-c6cccc(C78C[C@H](C)C[C@H](C[C@H](C)C7)C8)c6)nc(-c6ccc7c(c6)-c6ccccc6C76c7ccccc7-c7ccc(C#N)cc76)n5)c4)cc3)(C1)C2. The van der Waals surface area contributed by atoms with E-state index in [4.69, 9.17) is 15.0 Å². The second kappa shape index (κ2) is 16.8. The average Bonchev–Trinajstić information content (AvgIpc) is 3.87. The zero-order valence-electron chi connectivity index (χ0n) is 42.8. The Morgan fingerprint density at radius 3 is 1.47 bits per heavy atom. The smallest absolute Gasteiger partial charge is 0.164 e. The van der Waals surface area contributed by atoms with Crippen molar-refractivity contribution in [1.82, 2.24) is 15.0 Å². The third-order valence-electron chi connectivity index (χ3n) is 19.1. The summed E-state index contributed by atoms with van der Waals surface area (Å²) < 4.78 is 0. The summed E-state index contributed by atoms with van der Waals surface area (Å²) in [6.45, 7) is 9.90. The van der Waals surface area contributed by atoms with Crippen molar-refractivity contribution in [2.75, 3.05) is 0 Å². The second-order valence-electron chi connectivity index (χ2n) is 24.4. The van der Waals surface area contributed by atoms with Gasteiger partial charge in [0.15, 0.2) is 17.5 Å². The molecule has 4 bridgehead atoms. The van der Waals surface area contributed by atoms with Crippen LogP contribution in [0.2, 0.25) is 0 Å². The van der Waals surface area contributed by atoms with Crippen molar-refractivity contribution < 1.29 is 0 Å². The third kappa shape index (κ3) is 7.08. The second-order valence-corrected chi connectivity index (χ2v) is 24.4. The molecule has 73 heavy (non-hydrogen) atoms. The van der Waals surface area contributed by atoms with E-state index in [9.17, 15) is 5.26 Å². The van der Waals surface area contributed by atoms with Crippen LogP contribution in [-0.2, 0) is 16.2 Å². The molecular weight excluding hydrogens is 885 g/mol. The van der Waals surface area contributed by atoms with Crippen LogP contribution in [0.1, 0.15) is 131 Å². The third-order valence-corrected chi connectivity index (χ3v) is 19.1. The molecule has 9 atom stereocenters. The first-order valence-electron chi connectivity index (χ1n) is 27.6. The van der Waals surface area contributed by atoms with E-state index in [-0.39, 0.29) is 5.41 Å². The van der Waals surface area contributed by atoms with Crippen LogP contribution >= 0.6 is 0 Å². The number of nitrogens with zero attached hydrogens (tertiary/aromatic N) is 4. The van der Waals surface area contributed by atoms with E-state index in [2.05, 4.69) is 185 Å². The van der Waals surface area contributed by atoms with Gasteiger partial charge in [-0.25, -0.2) is 15.0 Å². The zero-order chi connectivity index (χ0) is 49.2. The minimum Gasteiger partial charge on any atom is -0.208 e. The van der Waals surface area contributed by atoms with Crippen molar-refractivity contribution in [3.8, 4) is 73.6 Å². The number of fused-ring (bicyclic) bond motifs is 14. The van der Waals surface area contributed by atoms with E-state index in [1.54, 1.807) is 0 Å². The average molecular weight is 949 g/mol. The molecule has 1 spiro atoms. The molecule has 6 aliphatic carbocycles. The first-order chi connectivity index (χ1) is 35.6. The Morgan fingerprint density at radius 1 is 0.384 bits per heavy atom. The van der Waals surface area contributed by atoms with Crippen LogP contribution in [0.25, 0.3) is 67.5 Å². The lowest BCUT2D eigenvalue weighted by atomic mass is 9.54. The Bertz CT molecular complexity index is 3520. The molecule has 7 aromatic carbocycles. The van der Waals surface area contributed by atoms with Gasteiger partial charge in [-0.3, -0.25) is 0 Å². The number of aromatic nitrogens is 3. The molecule has 0 saturated heterocycles. The molecular formula is C69H64N4. The maximum absolute atomic E-state index is 10.2.